The zero-order valence-corrected chi connectivity index (χ0v) is 12.8. The van der Waals surface area contributed by atoms with Gasteiger partial charge in [0.25, 0.3) is 0 Å². The van der Waals surface area contributed by atoms with Gasteiger partial charge in [-0.1, -0.05) is 44.8 Å². The first kappa shape index (κ1) is 13.8. The van der Waals surface area contributed by atoms with E-state index in [0.717, 1.165) is 15.6 Å². The van der Waals surface area contributed by atoms with Crippen LogP contribution in [0.15, 0.2) is 51.5 Å². The Morgan fingerprint density at radius 1 is 1.14 bits per heavy atom. The summed E-state index contributed by atoms with van der Waals surface area (Å²) < 4.78 is 20.3. The van der Waals surface area contributed by atoms with Gasteiger partial charge in [-0.25, -0.2) is 4.39 Å². The second kappa shape index (κ2) is 5.33. The smallest absolute Gasteiger partial charge is 0.179 e. The van der Waals surface area contributed by atoms with Crippen molar-refractivity contribution in [3.05, 3.63) is 58.3 Å². The van der Waals surface area contributed by atoms with E-state index in [1.807, 2.05) is 31.2 Å². The van der Waals surface area contributed by atoms with Crippen LogP contribution in [-0.2, 0) is 0 Å². The summed E-state index contributed by atoms with van der Waals surface area (Å²) in [5, 5.41) is 3.79. The summed E-state index contributed by atoms with van der Waals surface area (Å²) in [4.78, 5) is 0. The minimum Gasteiger partial charge on any atom is -0.380 e. The van der Waals surface area contributed by atoms with Crippen LogP contribution in [0.1, 0.15) is 5.56 Å². The lowest BCUT2D eigenvalue weighted by Gasteiger charge is -2.05. The van der Waals surface area contributed by atoms with Crippen molar-refractivity contribution >= 4 is 21.7 Å². The molecular weight excluding hydrogens is 335 g/mol. The molecule has 2 aromatic carbocycles. The second-order valence-corrected chi connectivity index (χ2v) is 5.68. The quantitative estimate of drug-likeness (QED) is 0.724. The van der Waals surface area contributed by atoms with Gasteiger partial charge in [-0.15, -0.1) is 0 Å². The highest BCUT2D eigenvalue weighted by Gasteiger charge is 2.20. The molecule has 0 unspecified atom stereocenters. The molecule has 3 rings (SSSR count). The average Bonchev–Trinajstić information content (AvgIpc) is 2.84. The molecule has 5 heteroatoms. The summed E-state index contributed by atoms with van der Waals surface area (Å²) in [6.45, 7) is 1.89. The highest BCUT2D eigenvalue weighted by Crippen LogP contribution is 2.38. The van der Waals surface area contributed by atoms with Gasteiger partial charge >= 0.3 is 0 Å². The molecule has 0 saturated carbocycles. The van der Waals surface area contributed by atoms with E-state index in [9.17, 15) is 4.39 Å². The van der Waals surface area contributed by atoms with Crippen molar-refractivity contribution in [1.29, 1.82) is 0 Å². The Labute approximate surface area is 129 Å². The first-order chi connectivity index (χ1) is 10.1. The molecule has 0 fully saturated rings. The molecule has 2 N–H and O–H groups in total. The molecule has 0 aliphatic rings. The van der Waals surface area contributed by atoms with Gasteiger partial charge in [0, 0.05) is 4.47 Å². The van der Waals surface area contributed by atoms with Crippen LogP contribution in [0, 0.1) is 12.7 Å². The van der Waals surface area contributed by atoms with E-state index >= 15 is 0 Å². The standard InChI is InChI=1S/C16H12BrFN2O/c1-9-2-7-13(18)12(8-9)15-14(16(19)20-21-15)10-3-5-11(17)6-4-10/h2-8H,1H3,(H2,19,20). The van der Waals surface area contributed by atoms with Crippen molar-refractivity contribution in [3.63, 3.8) is 0 Å². The van der Waals surface area contributed by atoms with Crippen LogP contribution < -0.4 is 5.73 Å². The molecule has 3 aromatic rings. The number of halogens is 2. The fourth-order valence-corrected chi connectivity index (χ4v) is 2.46. The van der Waals surface area contributed by atoms with E-state index in [2.05, 4.69) is 21.1 Å². The lowest BCUT2D eigenvalue weighted by molar-refractivity contribution is 0.433. The zero-order valence-electron chi connectivity index (χ0n) is 11.2. The van der Waals surface area contributed by atoms with Crippen molar-refractivity contribution in [3.8, 4) is 22.5 Å². The first-order valence-corrected chi connectivity index (χ1v) is 7.13. The van der Waals surface area contributed by atoms with E-state index in [1.54, 1.807) is 12.1 Å². The van der Waals surface area contributed by atoms with Gasteiger partial charge < -0.3 is 10.3 Å². The lowest BCUT2D eigenvalue weighted by Crippen LogP contribution is -1.90. The van der Waals surface area contributed by atoms with E-state index < -0.39 is 0 Å². The molecule has 0 amide bonds. The SMILES string of the molecule is Cc1ccc(F)c(-c2onc(N)c2-c2ccc(Br)cc2)c1. The van der Waals surface area contributed by atoms with Crippen LogP contribution >= 0.6 is 15.9 Å². The van der Waals surface area contributed by atoms with Crippen molar-refractivity contribution in [2.45, 2.75) is 6.92 Å². The van der Waals surface area contributed by atoms with Gasteiger partial charge in [0.05, 0.1) is 11.1 Å². The van der Waals surface area contributed by atoms with Crippen molar-refractivity contribution in [2.75, 3.05) is 5.73 Å². The van der Waals surface area contributed by atoms with E-state index in [0.29, 0.717) is 16.9 Å². The average molecular weight is 347 g/mol. The minimum atomic E-state index is -0.366. The number of hydrogen-bond acceptors (Lipinski definition) is 3. The van der Waals surface area contributed by atoms with Gasteiger partial charge in [-0.05, 0) is 36.8 Å². The maximum absolute atomic E-state index is 14.1. The first-order valence-electron chi connectivity index (χ1n) is 6.34. The van der Waals surface area contributed by atoms with Crippen LogP contribution in [0.4, 0.5) is 10.2 Å². The van der Waals surface area contributed by atoms with E-state index in [1.165, 1.54) is 6.07 Å². The van der Waals surface area contributed by atoms with Crippen LogP contribution in [0.25, 0.3) is 22.5 Å². The van der Waals surface area contributed by atoms with Gasteiger partial charge in [-0.2, -0.15) is 0 Å². The van der Waals surface area contributed by atoms with Crippen LogP contribution in [0.2, 0.25) is 0 Å². The third-order valence-electron chi connectivity index (χ3n) is 3.22. The highest BCUT2D eigenvalue weighted by atomic mass is 79.9. The van der Waals surface area contributed by atoms with Crippen LogP contribution in [-0.4, -0.2) is 5.16 Å². The molecule has 1 heterocycles. The maximum atomic E-state index is 14.1. The van der Waals surface area contributed by atoms with Crippen molar-refractivity contribution in [2.24, 2.45) is 0 Å². The molecule has 0 radical (unpaired) electrons. The Morgan fingerprint density at radius 2 is 1.86 bits per heavy atom. The molecule has 106 valence electrons. The third-order valence-corrected chi connectivity index (χ3v) is 3.75. The predicted molar refractivity (Wildman–Crippen MR) is 84.2 cm³/mol. The molecule has 0 spiro atoms. The summed E-state index contributed by atoms with van der Waals surface area (Å²) in [6, 6.07) is 12.4. The predicted octanol–water partition coefficient (Wildman–Crippen LogP) is 4.80. The summed E-state index contributed by atoms with van der Waals surface area (Å²) in [6.07, 6.45) is 0. The van der Waals surface area contributed by atoms with Crippen LogP contribution in [0.5, 0.6) is 0 Å². The fraction of sp³-hybridized carbons (Fsp3) is 0.0625. The molecule has 3 nitrogen and oxygen atoms in total. The Kier molecular flexibility index (Phi) is 3.51. The minimum absolute atomic E-state index is 0.244. The van der Waals surface area contributed by atoms with Crippen LogP contribution in [0.3, 0.4) is 0 Å². The summed E-state index contributed by atoms with van der Waals surface area (Å²) in [5.74, 6) is 0.222. The van der Waals surface area contributed by atoms with Gasteiger partial charge in [0.1, 0.15) is 5.82 Å². The number of nitrogens with zero attached hydrogens (tertiary/aromatic N) is 1. The lowest BCUT2D eigenvalue weighted by atomic mass is 10.00. The molecule has 21 heavy (non-hydrogen) atoms. The normalized spacial score (nSPS) is 10.8. The highest BCUT2D eigenvalue weighted by molar-refractivity contribution is 9.10. The maximum Gasteiger partial charge on any atom is 0.179 e. The Bertz CT molecular complexity index is 797. The number of rotatable bonds is 2. The number of hydrogen-bond donors (Lipinski definition) is 1. The fourth-order valence-electron chi connectivity index (χ4n) is 2.19. The largest absolute Gasteiger partial charge is 0.380 e. The molecule has 0 bridgehead atoms. The molecule has 1 aromatic heterocycles. The summed E-state index contributed by atoms with van der Waals surface area (Å²) in [5.41, 5.74) is 8.62. The molecular formula is C16H12BrFN2O. The third kappa shape index (κ3) is 2.56. The second-order valence-electron chi connectivity index (χ2n) is 4.76. The van der Waals surface area contributed by atoms with Gasteiger partial charge in [0.15, 0.2) is 11.6 Å². The van der Waals surface area contributed by atoms with E-state index in [4.69, 9.17) is 10.3 Å². The Morgan fingerprint density at radius 3 is 2.57 bits per heavy atom. The molecule has 0 saturated heterocycles. The zero-order chi connectivity index (χ0) is 15.0. The van der Waals surface area contributed by atoms with Crippen molar-refractivity contribution in [1.82, 2.24) is 5.16 Å². The van der Waals surface area contributed by atoms with Gasteiger partial charge in [0.2, 0.25) is 0 Å². The Balaban J connectivity index is 2.21. The number of benzene rings is 2. The number of aryl methyl sites for hydroxylation is 1. The number of nitrogens with two attached hydrogens (primary N) is 1. The molecule has 0 atom stereocenters. The molecule has 0 aliphatic heterocycles. The topological polar surface area (TPSA) is 52.0 Å². The Hall–Kier alpha value is -2.14. The summed E-state index contributed by atoms with van der Waals surface area (Å²) in [7, 11) is 0. The van der Waals surface area contributed by atoms with Crippen molar-refractivity contribution < 1.29 is 8.91 Å². The summed E-state index contributed by atoms with van der Waals surface area (Å²) >= 11 is 3.38. The number of anilines is 1. The van der Waals surface area contributed by atoms with Gasteiger partial charge in [-0.3, -0.25) is 0 Å². The van der Waals surface area contributed by atoms with E-state index in [-0.39, 0.29) is 11.6 Å². The molecule has 0 aliphatic carbocycles. The monoisotopic (exact) mass is 346 g/mol. The number of nitrogen functional groups attached to an aromatic ring is 1. The number of aromatic nitrogens is 1.